The zero-order chi connectivity index (χ0) is 18.6. The highest BCUT2D eigenvalue weighted by atomic mass is 16.2. The number of nitrogens with zero attached hydrogens (tertiary/aromatic N) is 3. The van der Waals surface area contributed by atoms with Crippen LogP contribution in [0.2, 0.25) is 0 Å². The molecule has 142 valence electrons. The molecule has 1 aromatic heterocycles. The molecule has 1 amide bonds. The lowest BCUT2D eigenvalue weighted by Gasteiger charge is -2.29. The van der Waals surface area contributed by atoms with E-state index in [1.54, 1.807) is 12.4 Å². The fourth-order valence-corrected chi connectivity index (χ4v) is 3.99. The highest BCUT2D eigenvalue weighted by Gasteiger charge is 2.33. The first-order valence-electron chi connectivity index (χ1n) is 10.2. The van der Waals surface area contributed by atoms with Crippen LogP contribution in [0.15, 0.2) is 48.8 Å². The summed E-state index contributed by atoms with van der Waals surface area (Å²) in [5.74, 6) is 0.929. The van der Waals surface area contributed by atoms with Gasteiger partial charge in [0.05, 0.1) is 0 Å². The third-order valence-electron chi connectivity index (χ3n) is 5.91. The van der Waals surface area contributed by atoms with Gasteiger partial charge in [-0.25, -0.2) is 0 Å². The maximum Gasteiger partial charge on any atom is 0.254 e. The zero-order valence-electron chi connectivity index (χ0n) is 16.2. The van der Waals surface area contributed by atoms with Crippen LogP contribution in [0, 0.1) is 5.92 Å². The number of piperidine rings is 1. The first kappa shape index (κ1) is 18.2. The van der Waals surface area contributed by atoms with Crippen LogP contribution in [0.5, 0.6) is 0 Å². The fourth-order valence-electron chi connectivity index (χ4n) is 3.99. The maximum atomic E-state index is 12.9. The summed E-state index contributed by atoms with van der Waals surface area (Å²) in [6.07, 6.45) is 9.39. The second-order valence-corrected chi connectivity index (χ2v) is 8.17. The minimum absolute atomic E-state index is 0.121. The summed E-state index contributed by atoms with van der Waals surface area (Å²) in [6, 6.07) is 12.9. The Hall–Kier alpha value is -2.20. The fraction of sp³-hybridized carbons (Fsp3) is 0.478. The molecule has 0 bridgehead atoms. The molecule has 0 N–H and O–H groups in total. The molecule has 4 nitrogen and oxygen atoms in total. The standard InChI is InChI=1S/C23H29N3O/c1-25-14-10-19(11-15-25)16-18-2-4-20(5-3-18)17-26(22-6-7-22)23(27)21-8-12-24-13-9-21/h2-5,8-9,12-13,19,22H,6-7,10-11,14-17H2,1H3. The summed E-state index contributed by atoms with van der Waals surface area (Å²) >= 11 is 0. The summed E-state index contributed by atoms with van der Waals surface area (Å²) in [6.45, 7) is 3.13. The number of benzene rings is 1. The monoisotopic (exact) mass is 363 g/mol. The Morgan fingerprint density at radius 2 is 1.63 bits per heavy atom. The van der Waals surface area contributed by atoms with Gasteiger partial charge in [0.15, 0.2) is 0 Å². The van der Waals surface area contributed by atoms with Gasteiger partial charge < -0.3 is 9.80 Å². The Bertz CT molecular complexity index is 747. The summed E-state index contributed by atoms with van der Waals surface area (Å²) in [7, 11) is 2.21. The van der Waals surface area contributed by atoms with Crippen LogP contribution in [0.1, 0.15) is 47.2 Å². The number of hydrogen-bond acceptors (Lipinski definition) is 3. The van der Waals surface area contributed by atoms with Gasteiger partial charge in [0.1, 0.15) is 0 Å². The van der Waals surface area contributed by atoms with Crippen LogP contribution in [0.25, 0.3) is 0 Å². The molecular formula is C23H29N3O. The molecule has 2 aromatic rings. The van der Waals surface area contributed by atoms with E-state index in [0.29, 0.717) is 12.6 Å². The first-order chi connectivity index (χ1) is 13.2. The van der Waals surface area contributed by atoms with Crippen molar-refractivity contribution in [1.29, 1.82) is 0 Å². The van der Waals surface area contributed by atoms with E-state index in [1.165, 1.54) is 43.5 Å². The molecule has 0 spiro atoms. The Balaban J connectivity index is 1.38. The number of carbonyl (C=O) groups is 1. The molecule has 4 rings (SSSR count). The molecule has 4 heteroatoms. The van der Waals surface area contributed by atoms with Crippen molar-refractivity contribution in [2.75, 3.05) is 20.1 Å². The van der Waals surface area contributed by atoms with Gasteiger partial charge in [0, 0.05) is 30.5 Å². The number of hydrogen-bond donors (Lipinski definition) is 0. The Kier molecular flexibility index (Phi) is 5.53. The smallest absolute Gasteiger partial charge is 0.254 e. The van der Waals surface area contributed by atoms with E-state index in [4.69, 9.17) is 0 Å². The lowest BCUT2D eigenvalue weighted by molar-refractivity contribution is 0.0730. The van der Waals surface area contributed by atoms with Gasteiger partial charge in [-0.1, -0.05) is 24.3 Å². The van der Waals surface area contributed by atoms with Crippen LogP contribution in [-0.2, 0) is 13.0 Å². The highest BCUT2D eigenvalue weighted by molar-refractivity contribution is 5.94. The quantitative estimate of drug-likeness (QED) is 0.784. The average molecular weight is 364 g/mol. The van der Waals surface area contributed by atoms with E-state index in [-0.39, 0.29) is 5.91 Å². The average Bonchev–Trinajstić information content (AvgIpc) is 3.54. The van der Waals surface area contributed by atoms with Crippen molar-refractivity contribution < 1.29 is 4.79 Å². The maximum absolute atomic E-state index is 12.9. The summed E-state index contributed by atoms with van der Waals surface area (Å²) in [5, 5.41) is 0. The Morgan fingerprint density at radius 1 is 1.00 bits per heavy atom. The van der Waals surface area contributed by atoms with Crippen LogP contribution in [-0.4, -0.2) is 46.9 Å². The van der Waals surface area contributed by atoms with Crippen molar-refractivity contribution in [3.63, 3.8) is 0 Å². The van der Waals surface area contributed by atoms with Crippen molar-refractivity contribution in [3.8, 4) is 0 Å². The van der Waals surface area contributed by atoms with Gasteiger partial charge in [-0.2, -0.15) is 0 Å². The van der Waals surface area contributed by atoms with E-state index in [1.807, 2.05) is 17.0 Å². The summed E-state index contributed by atoms with van der Waals surface area (Å²) in [4.78, 5) is 21.4. The number of rotatable bonds is 6. The number of likely N-dealkylation sites (tertiary alicyclic amines) is 1. The normalized spacial score (nSPS) is 18.4. The Labute approximate surface area is 162 Å². The molecule has 0 radical (unpaired) electrons. The van der Waals surface area contributed by atoms with Crippen LogP contribution < -0.4 is 0 Å². The lowest BCUT2D eigenvalue weighted by atomic mass is 9.90. The molecule has 0 atom stereocenters. The topological polar surface area (TPSA) is 36.4 Å². The molecule has 1 saturated carbocycles. The van der Waals surface area contributed by atoms with Gasteiger partial charge >= 0.3 is 0 Å². The third-order valence-corrected chi connectivity index (χ3v) is 5.91. The van der Waals surface area contributed by atoms with Crippen molar-refractivity contribution in [1.82, 2.24) is 14.8 Å². The highest BCUT2D eigenvalue weighted by Crippen LogP contribution is 2.30. The lowest BCUT2D eigenvalue weighted by Crippen LogP contribution is -2.32. The first-order valence-corrected chi connectivity index (χ1v) is 10.2. The third kappa shape index (κ3) is 4.75. The predicted octanol–water partition coefficient (Wildman–Crippen LogP) is 3.77. The minimum Gasteiger partial charge on any atom is -0.331 e. The summed E-state index contributed by atoms with van der Waals surface area (Å²) < 4.78 is 0. The minimum atomic E-state index is 0.121. The van der Waals surface area contributed by atoms with Crippen LogP contribution >= 0.6 is 0 Å². The van der Waals surface area contributed by atoms with E-state index in [0.717, 1.165) is 24.3 Å². The second-order valence-electron chi connectivity index (χ2n) is 8.17. The van der Waals surface area contributed by atoms with Crippen molar-refractivity contribution in [3.05, 3.63) is 65.5 Å². The molecule has 0 unspecified atom stereocenters. The molecule has 2 fully saturated rings. The largest absolute Gasteiger partial charge is 0.331 e. The molecule has 1 aromatic carbocycles. The van der Waals surface area contributed by atoms with Crippen molar-refractivity contribution in [2.45, 2.75) is 44.7 Å². The molecule has 2 heterocycles. The van der Waals surface area contributed by atoms with E-state index in [2.05, 4.69) is 41.2 Å². The summed E-state index contributed by atoms with van der Waals surface area (Å²) in [5.41, 5.74) is 3.37. The number of carbonyl (C=O) groups excluding carboxylic acids is 1. The number of aromatic nitrogens is 1. The second kappa shape index (κ2) is 8.22. The van der Waals surface area contributed by atoms with Gasteiger partial charge in [-0.05, 0) is 81.4 Å². The molecule has 1 aliphatic carbocycles. The number of amides is 1. The SMILES string of the molecule is CN1CCC(Cc2ccc(CN(C(=O)c3ccncc3)C3CC3)cc2)CC1. The van der Waals surface area contributed by atoms with E-state index in [9.17, 15) is 4.79 Å². The van der Waals surface area contributed by atoms with E-state index < -0.39 is 0 Å². The number of pyridine rings is 1. The molecule has 1 saturated heterocycles. The van der Waals surface area contributed by atoms with Crippen LogP contribution in [0.4, 0.5) is 0 Å². The molecule has 27 heavy (non-hydrogen) atoms. The zero-order valence-corrected chi connectivity index (χ0v) is 16.2. The van der Waals surface area contributed by atoms with Gasteiger partial charge in [-0.15, -0.1) is 0 Å². The van der Waals surface area contributed by atoms with Gasteiger partial charge in [0.2, 0.25) is 0 Å². The van der Waals surface area contributed by atoms with Crippen molar-refractivity contribution in [2.24, 2.45) is 5.92 Å². The molecule has 2 aliphatic rings. The van der Waals surface area contributed by atoms with Gasteiger partial charge in [0.25, 0.3) is 5.91 Å². The van der Waals surface area contributed by atoms with Gasteiger partial charge in [-0.3, -0.25) is 9.78 Å². The van der Waals surface area contributed by atoms with Crippen molar-refractivity contribution >= 4 is 5.91 Å². The predicted molar refractivity (Wildman–Crippen MR) is 107 cm³/mol. The van der Waals surface area contributed by atoms with E-state index >= 15 is 0 Å². The molecular weight excluding hydrogens is 334 g/mol. The Morgan fingerprint density at radius 3 is 2.26 bits per heavy atom. The van der Waals surface area contributed by atoms with Crippen LogP contribution in [0.3, 0.4) is 0 Å². The molecule has 1 aliphatic heterocycles.